The van der Waals surface area contributed by atoms with E-state index in [9.17, 15) is 122 Å². The third-order valence-electron chi connectivity index (χ3n) is 20.7. The van der Waals surface area contributed by atoms with E-state index in [1.807, 2.05) is 16.0 Å². The molecule has 1 saturated heterocycles. The number of benzene rings is 3. The highest BCUT2D eigenvalue weighted by Gasteiger charge is 2.41. The summed E-state index contributed by atoms with van der Waals surface area (Å²) in [5.74, 6) is -29.5. The fourth-order valence-corrected chi connectivity index (χ4v) is 13.4. The molecule has 17 amide bonds. The van der Waals surface area contributed by atoms with Crippen LogP contribution in [0.25, 0.3) is 0 Å². The van der Waals surface area contributed by atoms with Gasteiger partial charge in [0, 0.05) is 32.4 Å². The third kappa shape index (κ3) is 40.8. The Kier molecular flexibility index (Phi) is 48.4. The maximum absolute atomic E-state index is 15.3. The molecular formula is C84H125N23O28. The van der Waals surface area contributed by atoms with Crippen LogP contribution >= 0.6 is 0 Å². The number of rotatable bonds is 41. The molecule has 16 atom stereocenters. The number of carbonyl (C=O) groups excluding carboxylic acids is 17. The van der Waals surface area contributed by atoms with E-state index in [0.717, 1.165) is 0 Å². The van der Waals surface area contributed by atoms with Crippen molar-refractivity contribution in [3.63, 3.8) is 0 Å². The molecule has 0 radical (unpaired) electrons. The van der Waals surface area contributed by atoms with Crippen LogP contribution in [0, 0.1) is 17.2 Å². The molecule has 36 N–H and O–H groups in total. The molecule has 0 saturated carbocycles. The summed E-state index contributed by atoms with van der Waals surface area (Å²) in [7, 11) is 0. The monoisotopic (exact) mass is 1900 g/mol. The first-order chi connectivity index (χ1) is 63.8. The van der Waals surface area contributed by atoms with Crippen LogP contribution < -0.4 is 119 Å². The summed E-state index contributed by atoms with van der Waals surface area (Å²) < 4.78 is 0. The van der Waals surface area contributed by atoms with Crippen molar-refractivity contribution in [2.75, 3.05) is 46.0 Å². The van der Waals surface area contributed by atoms with Crippen LogP contribution in [-0.2, 0) is 115 Å². The van der Waals surface area contributed by atoms with E-state index in [2.05, 4.69) is 74.4 Å². The number of nitrogens with one attached hydrogen (secondary N) is 18. The van der Waals surface area contributed by atoms with Crippen LogP contribution in [0.1, 0.15) is 128 Å². The zero-order valence-electron chi connectivity index (χ0n) is 74.8. The molecule has 51 heteroatoms. The van der Waals surface area contributed by atoms with Gasteiger partial charge >= 0.3 is 17.9 Å². The minimum Gasteiger partial charge on any atom is -0.508 e. The van der Waals surface area contributed by atoms with Crippen LogP contribution in [0.15, 0.2) is 78.9 Å². The number of guanidine groups is 1. The summed E-state index contributed by atoms with van der Waals surface area (Å²) >= 11 is 0. The van der Waals surface area contributed by atoms with Crippen LogP contribution in [0.5, 0.6) is 11.5 Å². The van der Waals surface area contributed by atoms with Crippen LogP contribution in [0.4, 0.5) is 0 Å². The quantitative estimate of drug-likeness (QED) is 0.0142. The summed E-state index contributed by atoms with van der Waals surface area (Å²) in [5.41, 5.74) is 30.0. The molecule has 744 valence electrons. The lowest BCUT2D eigenvalue weighted by atomic mass is 9.99. The highest BCUT2D eigenvalue weighted by Crippen LogP contribution is 2.18. The molecule has 4 rings (SSSR count). The van der Waals surface area contributed by atoms with Gasteiger partial charge in [0.25, 0.3) is 0 Å². The molecule has 0 spiro atoms. The largest absolute Gasteiger partial charge is 0.508 e. The van der Waals surface area contributed by atoms with Gasteiger partial charge in [-0.25, -0.2) is 4.79 Å². The fraction of sp³-hybridized carbons (Fsp3) is 0.536. The molecule has 1 aliphatic rings. The number of carboxylic acids is 3. The fourth-order valence-electron chi connectivity index (χ4n) is 13.4. The number of hydrogen-bond acceptors (Lipinski definition) is 29. The first kappa shape index (κ1) is 113. The average Bonchev–Trinajstić information content (AvgIpc) is 0.866. The highest BCUT2D eigenvalue weighted by atomic mass is 16.4. The van der Waals surface area contributed by atoms with Crippen molar-refractivity contribution in [3.05, 3.63) is 95.6 Å². The Labute approximate surface area is 774 Å². The Balaban J connectivity index is 1.95. The Morgan fingerprint density at radius 3 is 1.26 bits per heavy atom. The SMILES string of the molecule is CC(C)CC1NC(=O)[C@H](C(C)C)NC(=O)C(CC(N)=O)NC(=O)[C@H](CO)NC(=O)C(CO)NC(=O)[C@H](CC(=O)O)NC(=O)C(CC(=O)O)NC(=O)[C@H](Cc2ccccc2)NC(=O)C(Cc2ccc(O)cc2)NC(=O)C(N)CC(=O)NCC(C(=O)NC(CCCCN)C(=O)N[C@@H](CCCCN)C(=O)NC(Cc2ccc(O)cc2)C(=O)N[C@@H](CCCNC(=N)N)C(=O)NC(CO)C(=O)O)NC1=O. The number of aromatic hydroxyl groups is 2. The second-order valence-electron chi connectivity index (χ2n) is 32.6. The second-order valence-corrected chi connectivity index (χ2v) is 32.6. The lowest BCUT2D eigenvalue weighted by Gasteiger charge is -2.29. The van der Waals surface area contributed by atoms with Gasteiger partial charge < -0.3 is 160 Å². The molecule has 1 aliphatic heterocycles. The maximum atomic E-state index is 15.3. The van der Waals surface area contributed by atoms with Gasteiger partial charge in [-0.15, -0.1) is 0 Å². The molecule has 3 aromatic carbocycles. The smallest absolute Gasteiger partial charge is 0.328 e. The number of phenolic OH excluding ortho intramolecular Hbond substituents is 2. The van der Waals surface area contributed by atoms with Gasteiger partial charge in [-0.3, -0.25) is 96.5 Å². The predicted molar refractivity (Wildman–Crippen MR) is 475 cm³/mol. The number of carbonyl (C=O) groups is 20. The highest BCUT2D eigenvalue weighted by molar-refractivity contribution is 6.03. The molecule has 0 aliphatic carbocycles. The molecule has 51 nitrogen and oxygen atoms in total. The van der Waals surface area contributed by atoms with Crippen LogP contribution in [0.2, 0.25) is 0 Å². The number of amides is 17. The number of hydrogen-bond donors (Lipinski definition) is 31. The second kappa shape index (κ2) is 57.9. The van der Waals surface area contributed by atoms with E-state index in [4.69, 9.17) is 34.1 Å². The molecule has 135 heavy (non-hydrogen) atoms. The molecule has 0 aromatic heterocycles. The van der Waals surface area contributed by atoms with E-state index in [-0.39, 0.29) is 101 Å². The van der Waals surface area contributed by atoms with Gasteiger partial charge in [0.1, 0.15) is 102 Å². The number of nitrogens with two attached hydrogens (primary N) is 5. The van der Waals surface area contributed by atoms with Gasteiger partial charge in [-0.05, 0) is 124 Å². The Morgan fingerprint density at radius 2 is 0.822 bits per heavy atom. The third-order valence-corrected chi connectivity index (χ3v) is 20.7. The van der Waals surface area contributed by atoms with Crippen LogP contribution in [0.3, 0.4) is 0 Å². The summed E-state index contributed by atoms with van der Waals surface area (Å²) in [6, 6.07) is -12.9. The van der Waals surface area contributed by atoms with Crippen molar-refractivity contribution < 1.29 is 137 Å². The van der Waals surface area contributed by atoms with Gasteiger partial charge in [-0.1, -0.05) is 82.3 Å². The zero-order chi connectivity index (χ0) is 101. The zero-order valence-corrected chi connectivity index (χ0v) is 74.8. The van der Waals surface area contributed by atoms with Crippen molar-refractivity contribution >= 4 is 124 Å². The number of phenols is 2. The van der Waals surface area contributed by atoms with Crippen molar-refractivity contribution in [2.45, 2.75) is 227 Å². The minimum absolute atomic E-state index is 0.00869. The van der Waals surface area contributed by atoms with Crippen molar-refractivity contribution in [1.29, 1.82) is 5.41 Å². The van der Waals surface area contributed by atoms with E-state index in [1.165, 1.54) is 86.6 Å². The first-order valence-electron chi connectivity index (χ1n) is 43.2. The van der Waals surface area contributed by atoms with Gasteiger partial charge in [-0.2, -0.15) is 0 Å². The molecular weight excluding hydrogens is 1780 g/mol. The normalized spacial score (nSPS) is 21.4. The summed E-state index contributed by atoms with van der Waals surface area (Å²) in [6.07, 6.45) is -6.70. The van der Waals surface area contributed by atoms with Crippen LogP contribution in [-0.4, -0.2) is 308 Å². The van der Waals surface area contributed by atoms with Crippen molar-refractivity contribution in [1.82, 2.24) is 90.4 Å². The average molecular weight is 1910 g/mol. The molecule has 10 unspecified atom stereocenters. The summed E-state index contributed by atoms with van der Waals surface area (Å²) in [6.45, 7) is 1.20. The van der Waals surface area contributed by atoms with Gasteiger partial charge in [0.05, 0.1) is 51.5 Å². The predicted octanol–water partition coefficient (Wildman–Crippen LogP) is -10.6. The van der Waals surface area contributed by atoms with Crippen molar-refractivity contribution in [3.8, 4) is 11.5 Å². The molecule has 1 fully saturated rings. The van der Waals surface area contributed by atoms with E-state index < -0.39 is 298 Å². The number of aliphatic hydroxyl groups is 3. The molecule has 1 heterocycles. The van der Waals surface area contributed by atoms with Gasteiger partial charge in [0.15, 0.2) is 5.96 Å². The van der Waals surface area contributed by atoms with Gasteiger partial charge in [0.2, 0.25) is 100 Å². The summed E-state index contributed by atoms with van der Waals surface area (Å²) in [4.78, 5) is 281. The minimum atomic E-state index is -2.31. The standard InChI is InChI=1S/C84H125N23O28/c1-41(2)29-52-72(123)103-59(79(130)95-49(15-8-10-26-85)69(120)93-50(16-9-11-27-86)70(121)97-55(32-45-20-24-47(112)25-21-45)73(124)94-51(17-12-28-91-84(89)90)71(122)106-62(40-110)83(134)135)37-92-64(114)33-48(87)68(119)96-53(31-44-18-22-46(111)23-19-44)74(125)98-54(30-43-13-6-5-7-14-43)75(126)100-57(35-65(115)116)76(127)101-58(36-66(117)118)77(128)104-61(39-109)81(132)105-60(38-108)80(131)99-56(34-63(88)113)78(129)107-67(42(3)4)82(133)102-52/h5-7,13-14,18-25,41-42,48-62,67,108-112H,8-12,15-17,26-40,85-87H2,1-4H3,(H2,88,113)(H,92,114)(H,93,120)(H,94,124)(H,95,130)(H,96,119)(H,97,121)(H,98,125)(H,99,131)(H,100,126)(H,101,127)(H,102,133)(H,103,123)(H,104,128)(H,105,132)(H,106,122)(H,107,129)(H,115,116)(H,117,118)(H,134,135)(H4,89,90,91)/t48?,49?,50-,51-,52?,53?,54-,55?,56?,57?,58-,59?,60-,61?,62?,67-/m0/s1. The maximum Gasteiger partial charge on any atom is 0.328 e. The molecule has 0 bridgehead atoms. The van der Waals surface area contributed by atoms with E-state index in [1.54, 1.807) is 19.9 Å². The number of aliphatic carboxylic acids is 3. The number of carboxylic acid groups (broad SMARTS) is 3. The Morgan fingerprint density at radius 1 is 0.437 bits per heavy atom. The van der Waals surface area contributed by atoms with Crippen molar-refractivity contribution in [2.24, 2.45) is 40.5 Å². The van der Waals surface area contributed by atoms with E-state index in [0.29, 0.717) is 11.1 Å². The Bertz CT molecular complexity index is 4590. The number of unbranched alkanes of at least 4 members (excludes halogenated alkanes) is 2. The number of aliphatic hydroxyl groups excluding tert-OH is 3. The topological polar surface area (TPSA) is 862 Å². The lowest BCUT2D eigenvalue weighted by Crippen LogP contribution is -2.63. The summed E-state index contributed by atoms with van der Waals surface area (Å²) in [5, 5.41) is 128. The lowest BCUT2D eigenvalue weighted by molar-refractivity contribution is -0.143. The van der Waals surface area contributed by atoms with E-state index >= 15 is 14.4 Å². The molecule has 3 aromatic rings. The first-order valence-corrected chi connectivity index (χ1v) is 43.2. The Hall–Kier alpha value is -14.3. The number of primary amides is 1.